The number of ketones is 1. The molecule has 0 atom stereocenters. The van der Waals surface area contributed by atoms with Crippen molar-refractivity contribution in [2.45, 2.75) is 50.2 Å². The van der Waals surface area contributed by atoms with Gasteiger partial charge in [0.25, 0.3) is 0 Å². The van der Waals surface area contributed by atoms with Crippen LogP contribution < -0.4 is 0 Å². The molecule has 2 aromatic heterocycles. The first-order chi connectivity index (χ1) is 18.0. The Balaban J connectivity index is 1.23. The van der Waals surface area contributed by atoms with E-state index in [0.29, 0.717) is 44.5 Å². The van der Waals surface area contributed by atoms with Crippen molar-refractivity contribution in [3.05, 3.63) is 95.4 Å². The van der Waals surface area contributed by atoms with Gasteiger partial charge in [0.05, 0.1) is 35.9 Å². The van der Waals surface area contributed by atoms with E-state index < -0.39 is 11.2 Å². The molecular weight excluding hydrogens is 462 g/mol. The average Bonchev–Trinajstić information content (AvgIpc) is 3.56. The second-order valence-corrected chi connectivity index (χ2v) is 10.2. The summed E-state index contributed by atoms with van der Waals surface area (Å²) in [6, 6.07) is 22.7. The molecule has 4 aromatic rings. The SMILES string of the molecule is Cc1ccc(-n2cc(C(=O)Cc3ccc(C4(C#N)CCC5(CC4)OCCO5)nc3)c3ccccc32)cc1. The van der Waals surface area contributed by atoms with Crippen LogP contribution in [0, 0.1) is 18.3 Å². The number of Topliss-reactive ketones (excluding diaryl/α,β-unsaturated/α-hetero) is 1. The van der Waals surface area contributed by atoms with Crippen molar-refractivity contribution in [1.82, 2.24) is 9.55 Å². The van der Waals surface area contributed by atoms with Gasteiger partial charge in [-0.15, -0.1) is 0 Å². The summed E-state index contributed by atoms with van der Waals surface area (Å²) < 4.78 is 13.7. The van der Waals surface area contributed by atoms with Gasteiger partial charge in [-0.05, 0) is 49.6 Å². The van der Waals surface area contributed by atoms with Crippen LogP contribution in [0.5, 0.6) is 0 Å². The summed E-state index contributed by atoms with van der Waals surface area (Å²) in [5.41, 5.74) is 4.87. The lowest BCUT2D eigenvalue weighted by atomic mass is 9.70. The fourth-order valence-electron chi connectivity index (χ4n) is 5.68. The van der Waals surface area contributed by atoms with Crippen LogP contribution >= 0.6 is 0 Å². The number of rotatable bonds is 5. The van der Waals surface area contributed by atoms with Crippen molar-refractivity contribution in [1.29, 1.82) is 5.26 Å². The van der Waals surface area contributed by atoms with Crippen LogP contribution in [-0.2, 0) is 21.3 Å². The van der Waals surface area contributed by atoms with Gasteiger partial charge in [0.2, 0.25) is 0 Å². The number of fused-ring (bicyclic) bond motifs is 1. The van der Waals surface area contributed by atoms with E-state index in [4.69, 9.17) is 9.47 Å². The number of nitrogens with zero attached hydrogens (tertiary/aromatic N) is 3. The number of carbonyl (C=O) groups excluding carboxylic acids is 1. The average molecular weight is 492 g/mol. The van der Waals surface area contributed by atoms with Gasteiger partial charge >= 0.3 is 0 Å². The lowest BCUT2D eigenvalue weighted by Crippen LogP contribution is -2.41. The van der Waals surface area contributed by atoms with E-state index in [1.54, 1.807) is 6.20 Å². The summed E-state index contributed by atoms with van der Waals surface area (Å²) in [6.45, 7) is 3.29. The molecule has 0 unspecified atom stereocenters. The molecule has 0 amide bonds. The highest BCUT2D eigenvalue weighted by Gasteiger charge is 2.48. The number of benzene rings is 2. The molecule has 0 radical (unpaired) electrons. The minimum Gasteiger partial charge on any atom is -0.348 e. The van der Waals surface area contributed by atoms with E-state index in [1.165, 1.54) is 5.56 Å². The number of para-hydroxylation sites is 1. The Bertz CT molecular complexity index is 1480. The fraction of sp³-hybridized carbons (Fsp3) is 0.323. The Morgan fingerprint density at radius 3 is 2.41 bits per heavy atom. The molecule has 37 heavy (non-hydrogen) atoms. The van der Waals surface area contributed by atoms with Gasteiger partial charge < -0.3 is 14.0 Å². The molecule has 2 aliphatic rings. The predicted octanol–water partition coefficient (Wildman–Crippen LogP) is 5.84. The molecule has 6 rings (SSSR count). The number of aryl methyl sites for hydroxylation is 1. The lowest BCUT2D eigenvalue weighted by molar-refractivity contribution is -0.182. The molecule has 1 saturated carbocycles. The van der Waals surface area contributed by atoms with Gasteiger partial charge in [0, 0.05) is 48.3 Å². The van der Waals surface area contributed by atoms with Crippen LogP contribution in [-0.4, -0.2) is 34.3 Å². The highest BCUT2D eigenvalue weighted by atomic mass is 16.7. The number of aromatic nitrogens is 2. The van der Waals surface area contributed by atoms with E-state index in [-0.39, 0.29) is 12.2 Å². The Labute approximate surface area is 216 Å². The molecule has 3 heterocycles. The van der Waals surface area contributed by atoms with E-state index >= 15 is 0 Å². The van der Waals surface area contributed by atoms with Crippen LogP contribution in [0.2, 0.25) is 0 Å². The zero-order chi connectivity index (χ0) is 25.5. The number of ether oxygens (including phenoxy) is 2. The highest BCUT2D eigenvalue weighted by Crippen LogP contribution is 2.45. The number of carbonyl (C=O) groups is 1. The Kier molecular flexibility index (Phi) is 5.91. The summed E-state index contributed by atoms with van der Waals surface area (Å²) in [5.74, 6) is -0.480. The largest absolute Gasteiger partial charge is 0.348 e. The van der Waals surface area contributed by atoms with Crippen LogP contribution in [0.25, 0.3) is 16.6 Å². The van der Waals surface area contributed by atoms with E-state index in [2.05, 4.69) is 46.8 Å². The minimum absolute atomic E-state index is 0.0433. The summed E-state index contributed by atoms with van der Waals surface area (Å²) in [4.78, 5) is 18.1. The maximum absolute atomic E-state index is 13.5. The van der Waals surface area contributed by atoms with E-state index in [0.717, 1.165) is 27.8 Å². The van der Waals surface area contributed by atoms with Crippen molar-refractivity contribution < 1.29 is 14.3 Å². The van der Waals surface area contributed by atoms with Gasteiger partial charge in [-0.25, -0.2) is 0 Å². The van der Waals surface area contributed by atoms with Crippen molar-refractivity contribution in [3.63, 3.8) is 0 Å². The van der Waals surface area contributed by atoms with Crippen molar-refractivity contribution in [2.24, 2.45) is 0 Å². The Morgan fingerprint density at radius 2 is 1.73 bits per heavy atom. The number of pyridine rings is 1. The third-order valence-electron chi connectivity index (χ3n) is 7.90. The molecule has 186 valence electrons. The monoisotopic (exact) mass is 491 g/mol. The topological polar surface area (TPSA) is 77.1 Å². The molecule has 0 bridgehead atoms. The van der Waals surface area contributed by atoms with Gasteiger partial charge in [0.15, 0.2) is 11.6 Å². The van der Waals surface area contributed by atoms with Crippen LogP contribution in [0.15, 0.2) is 73.1 Å². The molecule has 1 spiro atoms. The molecule has 1 aliphatic carbocycles. The zero-order valence-corrected chi connectivity index (χ0v) is 20.9. The van der Waals surface area contributed by atoms with Crippen molar-refractivity contribution >= 4 is 16.7 Å². The Hall–Kier alpha value is -3.79. The summed E-state index contributed by atoms with van der Waals surface area (Å²) in [6.07, 6.45) is 6.61. The third-order valence-corrected chi connectivity index (χ3v) is 7.90. The van der Waals surface area contributed by atoms with E-state index in [1.807, 2.05) is 42.6 Å². The second-order valence-electron chi connectivity index (χ2n) is 10.2. The molecule has 1 aliphatic heterocycles. The number of nitriles is 1. The Morgan fingerprint density at radius 1 is 1.00 bits per heavy atom. The standard InChI is InChI=1S/C31H29N3O3/c1-22-6-9-24(10-7-22)34-20-26(25-4-2-3-5-27(25)34)28(35)18-23-8-11-29(33-19-23)30(21-32)12-14-31(15-13-30)36-16-17-37-31/h2-11,19-20H,12-18H2,1H3. The highest BCUT2D eigenvalue weighted by molar-refractivity contribution is 6.09. The van der Waals surface area contributed by atoms with Crippen LogP contribution in [0.4, 0.5) is 0 Å². The molecule has 1 saturated heterocycles. The first-order valence-electron chi connectivity index (χ1n) is 12.9. The zero-order valence-electron chi connectivity index (χ0n) is 20.9. The number of hydrogen-bond donors (Lipinski definition) is 0. The summed E-state index contributed by atoms with van der Waals surface area (Å²) in [5, 5.41) is 11.0. The van der Waals surface area contributed by atoms with Crippen LogP contribution in [0.1, 0.15) is 52.9 Å². The van der Waals surface area contributed by atoms with Crippen molar-refractivity contribution in [2.75, 3.05) is 13.2 Å². The molecule has 2 fully saturated rings. The van der Waals surface area contributed by atoms with Gasteiger partial charge in [-0.1, -0.05) is 42.0 Å². The summed E-state index contributed by atoms with van der Waals surface area (Å²) in [7, 11) is 0. The summed E-state index contributed by atoms with van der Waals surface area (Å²) >= 11 is 0. The van der Waals surface area contributed by atoms with Crippen LogP contribution in [0.3, 0.4) is 0 Å². The number of hydrogen-bond acceptors (Lipinski definition) is 5. The maximum Gasteiger partial charge on any atom is 0.169 e. The fourth-order valence-corrected chi connectivity index (χ4v) is 5.68. The van der Waals surface area contributed by atoms with Gasteiger partial charge in [-0.2, -0.15) is 5.26 Å². The first kappa shape index (κ1) is 23.6. The molecular formula is C31H29N3O3. The minimum atomic E-state index is -0.648. The van der Waals surface area contributed by atoms with Crippen molar-refractivity contribution in [3.8, 4) is 11.8 Å². The molecule has 6 heteroatoms. The third kappa shape index (κ3) is 4.25. The molecule has 2 aromatic carbocycles. The quantitative estimate of drug-likeness (QED) is 0.328. The second kappa shape index (κ2) is 9.26. The maximum atomic E-state index is 13.5. The normalized spacial score (nSPS) is 18.2. The predicted molar refractivity (Wildman–Crippen MR) is 141 cm³/mol. The smallest absolute Gasteiger partial charge is 0.169 e. The first-order valence-corrected chi connectivity index (χ1v) is 12.9. The van der Waals surface area contributed by atoms with Gasteiger partial charge in [-0.3, -0.25) is 9.78 Å². The van der Waals surface area contributed by atoms with Gasteiger partial charge in [0.1, 0.15) is 0 Å². The molecule has 6 nitrogen and oxygen atoms in total. The lowest BCUT2D eigenvalue weighted by Gasteiger charge is -2.39. The molecule has 0 N–H and O–H groups in total. The van der Waals surface area contributed by atoms with E-state index in [9.17, 15) is 10.1 Å².